The lowest BCUT2D eigenvalue weighted by molar-refractivity contribution is -0.150. The van der Waals surface area contributed by atoms with Crippen LogP contribution in [0.2, 0.25) is 0 Å². The quantitative estimate of drug-likeness (QED) is 0.804. The smallest absolute Gasteiger partial charge is 0.143 e. The average Bonchev–Trinajstić information content (AvgIpc) is 2.36. The molecule has 0 N–H and O–H groups in total. The van der Waals surface area contributed by atoms with Gasteiger partial charge in [-0.1, -0.05) is 20.8 Å². The lowest BCUT2D eigenvalue weighted by Gasteiger charge is -2.51. The van der Waals surface area contributed by atoms with Gasteiger partial charge in [-0.2, -0.15) is 0 Å². The van der Waals surface area contributed by atoms with Crippen LogP contribution in [0.3, 0.4) is 0 Å². The van der Waals surface area contributed by atoms with Crippen molar-refractivity contribution in [3.63, 3.8) is 0 Å². The Balaban J connectivity index is 2.37. The van der Waals surface area contributed by atoms with Crippen LogP contribution in [0.5, 0.6) is 0 Å². The van der Waals surface area contributed by atoms with Crippen LogP contribution in [-0.4, -0.2) is 10.8 Å². The Kier molecular flexibility index (Phi) is 3.02. The molecule has 0 saturated heterocycles. The fourth-order valence-electron chi connectivity index (χ4n) is 3.29. The summed E-state index contributed by atoms with van der Waals surface area (Å²) >= 11 is 0. The summed E-state index contributed by atoms with van der Waals surface area (Å²) < 4.78 is 12.9. The number of rotatable bonds is 3. The molecule has 2 rings (SSSR count). The zero-order chi connectivity index (χ0) is 12.6. The van der Waals surface area contributed by atoms with Crippen molar-refractivity contribution < 1.29 is 9.18 Å². The summed E-state index contributed by atoms with van der Waals surface area (Å²) in [7, 11) is 0. The van der Waals surface area contributed by atoms with Crippen LogP contribution in [0.4, 0.5) is 4.39 Å². The molecular weight excluding hydrogens is 217 g/mol. The van der Waals surface area contributed by atoms with E-state index in [-0.39, 0.29) is 23.1 Å². The second-order valence-corrected chi connectivity index (χ2v) is 4.90. The molecule has 2 unspecified atom stereocenters. The molecule has 1 aromatic heterocycles. The minimum atomic E-state index is -0.328. The third kappa shape index (κ3) is 1.60. The standard InChI is InChI=1S/C14H18FNO/c1-4-14(5-2)12(9(3)13(14)17)11-7-6-10(15)8-16-11/h6-9,12H,4-5H2,1-3H3. The molecule has 17 heavy (non-hydrogen) atoms. The minimum Gasteiger partial charge on any atom is -0.299 e. The van der Waals surface area contributed by atoms with Gasteiger partial charge in [0.05, 0.1) is 6.20 Å². The Morgan fingerprint density at radius 3 is 2.47 bits per heavy atom. The number of Topliss-reactive ketones (excluding diaryl/α,β-unsaturated/α-hetero) is 1. The van der Waals surface area contributed by atoms with Crippen molar-refractivity contribution in [3.05, 3.63) is 29.8 Å². The first-order valence-corrected chi connectivity index (χ1v) is 6.22. The summed E-state index contributed by atoms with van der Waals surface area (Å²) in [5, 5.41) is 0. The van der Waals surface area contributed by atoms with E-state index in [1.165, 1.54) is 12.3 Å². The van der Waals surface area contributed by atoms with Crippen molar-refractivity contribution in [1.29, 1.82) is 0 Å². The van der Waals surface area contributed by atoms with Gasteiger partial charge in [0.2, 0.25) is 0 Å². The van der Waals surface area contributed by atoms with Crippen molar-refractivity contribution in [1.82, 2.24) is 4.98 Å². The fourth-order valence-corrected chi connectivity index (χ4v) is 3.29. The first-order valence-electron chi connectivity index (χ1n) is 6.22. The van der Waals surface area contributed by atoms with Crippen molar-refractivity contribution in [2.24, 2.45) is 11.3 Å². The molecule has 0 radical (unpaired) electrons. The predicted octanol–water partition coefficient (Wildman–Crippen LogP) is 3.33. The molecule has 1 aliphatic rings. The summed E-state index contributed by atoms with van der Waals surface area (Å²) in [4.78, 5) is 16.2. The number of halogens is 1. The van der Waals surface area contributed by atoms with E-state index in [9.17, 15) is 9.18 Å². The summed E-state index contributed by atoms with van der Waals surface area (Å²) in [6.07, 6.45) is 2.90. The number of pyridine rings is 1. The lowest BCUT2D eigenvalue weighted by Crippen LogP contribution is -2.54. The number of carbonyl (C=O) groups is 1. The summed E-state index contributed by atoms with van der Waals surface area (Å²) in [5.41, 5.74) is 0.576. The number of carbonyl (C=O) groups excluding carboxylic acids is 1. The normalized spacial score (nSPS) is 26.7. The van der Waals surface area contributed by atoms with Gasteiger partial charge in [-0.3, -0.25) is 9.78 Å². The van der Waals surface area contributed by atoms with Crippen LogP contribution in [0.15, 0.2) is 18.3 Å². The molecule has 0 aromatic carbocycles. The van der Waals surface area contributed by atoms with Gasteiger partial charge in [-0.05, 0) is 25.0 Å². The summed E-state index contributed by atoms with van der Waals surface area (Å²) in [6, 6.07) is 3.14. The maximum absolute atomic E-state index is 12.9. The number of nitrogens with zero attached hydrogens (tertiary/aromatic N) is 1. The van der Waals surface area contributed by atoms with Crippen LogP contribution in [0.25, 0.3) is 0 Å². The monoisotopic (exact) mass is 235 g/mol. The summed E-state index contributed by atoms with van der Waals surface area (Å²) in [5.74, 6) is 0.155. The lowest BCUT2D eigenvalue weighted by atomic mass is 9.50. The van der Waals surface area contributed by atoms with Gasteiger partial charge in [-0.25, -0.2) is 4.39 Å². The molecule has 1 heterocycles. The Morgan fingerprint density at radius 2 is 2.00 bits per heavy atom. The van der Waals surface area contributed by atoms with Gasteiger partial charge < -0.3 is 0 Å². The first kappa shape index (κ1) is 12.2. The molecule has 0 aliphatic heterocycles. The van der Waals surface area contributed by atoms with E-state index in [0.29, 0.717) is 5.78 Å². The molecule has 0 bridgehead atoms. The molecule has 1 aliphatic carbocycles. The van der Waals surface area contributed by atoms with Gasteiger partial charge >= 0.3 is 0 Å². The van der Waals surface area contributed by atoms with Gasteiger partial charge in [-0.15, -0.1) is 0 Å². The van der Waals surface area contributed by atoms with Crippen LogP contribution < -0.4 is 0 Å². The highest BCUT2D eigenvalue weighted by molar-refractivity contribution is 5.95. The second-order valence-electron chi connectivity index (χ2n) is 4.90. The molecule has 3 heteroatoms. The van der Waals surface area contributed by atoms with E-state index >= 15 is 0 Å². The molecule has 1 fully saturated rings. The van der Waals surface area contributed by atoms with Crippen molar-refractivity contribution in [2.75, 3.05) is 0 Å². The molecule has 0 spiro atoms. The van der Waals surface area contributed by atoms with Gasteiger partial charge in [0, 0.05) is 22.9 Å². The van der Waals surface area contributed by atoms with Gasteiger partial charge in [0.25, 0.3) is 0 Å². The third-order valence-corrected chi connectivity index (χ3v) is 4.33. The minimum absolute atomic E-state index is 0.00728. The zero-order valence-electron chi connectivity index (χ0n) is 10.5. The van der Waals surface area contributed by atoms with Crippen molar-refractivity contribution in [2.45, 2.75) is 39.5 Å². The fraction of sp³-hybridized carbons (Fsp3) is 0.571. The Hall–Kier alpha value is -1.25. The van der Waals surface area contributed by atoms with Gasteiger partial charge in [0.15, 0.2) is 0 Å². The molecule has 1 saturated carbocycles. The van der Waals surface area contributed by atoms with Crippen LogP contribution in [-0.2, 0) is 4.79 Å². The number of ketones is 1. The Morgan fingerprint density at radius 1 is 1.35 bits per heavy atom. The van der Waals surface area contributed by atoms with E-state index in [4.69, 9.17) is 0 Å². The highest BCUT2D eigenvalue weighted by Crippen LogP contribution is 2.57. The maximum atomic E-state index is 12.9. The van der Waals surface area contributed by atoms with E-state index < -0.39 is 0 Å². The topological polar surface area (TPSA) is 30.0 Å². The second kappa shape index (κ2) is 4.21. The van der Waals surface area contributed by atoms with Crippen molar-refractivity contribution in [3.8, 4) is 0 Å². The largest absolute Gasteiger partial charge is 0.299 e. The third-order valence-electron chi connectivity index (χ3n) is 4.33. The average molecular weight is 235 g/mol. The Labute approximate surface area is 101 Å². The van der Waals surface area contributed by atoms with E-state index in [1.54, 1.807) is 6.07 Å². The predicted molar refractivity (Wildman–Crippen MR) is 64.1 cm³/mol. The number of hydrogen-bond acceptors (Lipinski definition) is 2. The molecule has 1 aromatic rings. The van der Waals surface area contributed by atoms with Crippen LogP contribution in [0.1, 0.15) is 45.2 Å². The molecule has 92 valence electrons. The van der Waals surface area contributed by atoms with Crippen molar-refractivity contribution >= 4 is 5.78 Å². The van der Waals surface area contributed by atoms with E-state index in [2.05, 4.69) is 4.98 Å². The Bertz CT molecular complexity index is 422. The zero-order valence-corrected chi connectivity index (χ0v) is 10.5. The van der Waals surface area contributed by atoms with Crippen LogP contribution >= 0.6 is 0 Å². The number of aromatic nitrogens is 1. The maximum Gasteiger partial charge on any atom is 0.143 e. The van der Waals surface area contributed by atoms with E-state index in [1.807, 2.05) is 20.8 Å². The van der Waals surface area contributed by atoms with Gasteiger partial charge in [0.1, 0.15) is 11.6 Å². The molecular formula is C14H18FNO. The summed E-state index contributed by atoms with van der Waals surface area (Å²) in [6.45, 7) is 6.04. The number of hydrogen-bond donors (Lipinski definition) is 0. The first-order chi connectivity index (χ1) is 8.06. The molecule has 2 nitrogen and oxygen atoms in total. The SMILES string of the molecule is CCC1(CC)C(=O)C(C)C1c1ccc(F)cn1. The molecule has 0 amide bonds. The highest BCUT2D eigenvalue weighted by Gasteiger charge is 2.58. The highest BCUT2D eigenvalue weighted by atomic mass is 19.1. The van der Waals surface area contributed by atoms with E-state index in [0.717, 1.165) is 18.5 Å². The van der Waals surface area contributed by atoms with Crippen LogP contribution in [0, 0.1) is 17.2 Å². The molecule has 2 atom stereocenters.